The number of rotatable bonds is 4. The van der Waals surface area contributed by atoms with Gasteiger partial charge < -0.3 is 5.11 Å². The Balaban J connectivity index is 2.54. The molecule has 0 fully saturated rings. The maximum Gasteiger partial charge on any atom is 0.264 e. The molecule has 7 heteroatoms. The SMILES string of the molecule is C=CCn1c(O)c(C=Nc2cc(Cl)ccc2C)c(=O)[nH]c1=S. The van der Waals surface area contributed by atoms with Crippen LogP contribution in [0.25, 0.3) is 0 Å². The average Bonchev–Trinajstić information content (AvgIpc) is 2.46. The summed E-state index contributed by atoms with van der Waals surface area (Å²) in [6, 6.07) is 5.26. The van der Waals surface area contributed by atoms with Crippen molar-refractivity contribution < 1.29 is 5.11 Å². The van der Waals surface area contributed by atoms with Crippen LogP contribution < -0.4 is 5.56 Å². The van der Waals surface area contributed by atoms with E-state index in [4.69, 9.17) is 23.8 Å². The Hall–Kier alpha value is -2.18. The first kappa shape index (κ1) is 16.2. The van der Waals surface area contributed by atoms with Gasteiger partial charge in [-0.1, -0.05) is 23.7 Å². The summed E-state index contributed by atoms with van der Waals surface area (Å²) in [5.41, 5.74) is 1.03. The number of benzene rings is 1. The van der Waals surface area contributed by atoms with Gasteiger partial charge in [0.25, 0.3) is 5.56 Å². The fourth-order valence-corrected chi connectivity index (χ4v) is 2.27. The van der Waals surface area contributed by atoms with Crippen LogP contribution in [0.5, 0.6) is 5.88 Å². The van der Waals surface area contributed by atoms with Gasteiger partial charge in [-0.05, 0) is 36.8 Å². The van der Waals surface area contributed by atoms with Crippen molar-refractivity contribution in [2.24, 2.45) is 4.99 Å². The Kier molecular flexibility index (Phi) is 4.95. The highest BCUT2D eigenvalue weighted by atomic mass is 35.5. The lowest BCUT2D eigenvalue weighted by Gasteiger charge is -2.08. The number of aromatic nitrogens is 2. The van der Waals surface area contributed by atoms with E-state index in [1.807, 2.05) is 13.0 Å². The highest BCUT2D eigenvalue weighted by Gasteiger charge is 2.10. The van der Waals surface area contributed by atoms with Crippen LogP contribution in [-0.2, 0) is 6.54 Å². The zero-order valence-corrected chi connectivity index (χ0v) is 13.4. The quantitative estimate of drug-likeness (QED) is 0.510. The van der Waals surface area contributed by atoms with Crippen molar-refractivity contribution in [1.29, 1.82) is 0 Å². The molecule has 0 saturated carbocycles. The molecule has 1 heterocycles. The highest BCUT2D eigenvalue weighted by Crippen LogP contribution is 2.23. The molecule has 0 saturated heterocycles. The molecular formula is C15H14ClN3O2S. The summed E-state index contributed by atoms with van der Waals surface area (Å²) in [4.78, 5) is 18.7. The average molecular weight is 336 g/mol. The summed E-state index contributed by atoms with van der Waals surface area (Å²) >= 11 is 10.9. The van der Waals surface area contributed by atoms with E-state index in [2.05, 4.69) is 16.6 Å². The van der Waals surface area contributed by atoms with Crippen molar-refractivity contribution in [2.75, 3.05) is 0 Å². The fraction of sp³-hybridized carbons (Fsp3) is 0.133. The molecule has 114 valence electrons. The van der Waals surface area contributed by atoms with Crippen LogP contribution >= 0.6 is 23.8 Å². The van der Waals surface area contributed by atoms with Crippen LogP contribution in [-0.4, -0.2) is 20.9 Å². The second-order valence-electron chi connectivity index (χ2n) is 4.58. The number of halogens is 1. The van der Waals surface area contributed by atoms with Crippen LogP contribution in [0.2, 0.25) is 5.02 Å². The molecule has 0 unspecified atom stereocenters. The largest absolute Gasteiger partial charge is 0.494 e. The van der Waals surface area contributed by atoms with Crippen LogP contribution in [0.1, 0.15) is 11.1 Å². The molecule has 1 aromatic heterocycles. The number of nitrogens with one attached hydrogen (secondary N) is 1. The standard InChI is InChI=1S/C15H14ClN3O2S/c1-3-6-19-14(21)11(13(20)18-15(19)22)8-17-12-7-10(16)5-4-9(12)2/h3-5,7-8,21H,1,6H2,2H3,(H,18,20,22). The summed E-state index contributed by atoms with van der Waals surface area (Å²) in [6.45, 7) is 5.74. The van der Waals surface area contributed by atoms with E-state index in [0.29, 0.717) is 10.7 Å². The summed E-state index contributed by atoms with van der Waals surface area (Å²) in [5.74, 6) is -0.253. The summed E-state index contributed by atoms with van der Waals surface area (Å²) in [7, 11) is 0. The second kappa shape index (κ2) is 6.72. The third kappa shape index (κ3) is 3.35. The molecule has 2 aromatic rings. The lowest BCUT2D eigenvalue weighted by atomic mass is 10.2. The van der Waals surface area contributed by atoms with Gasteiger partial charge in [0.1, 0.15) is 5.56 Å². The molecule has 0 radical (unpaired) electrons. The third-order valence-corrected chi connectivity index (χ3v) is 3.58. The molecule has 2 rings (SSSR count). The minimum atomic E-state index is -0.508. The minimum Gasteiger partial charge on any atom is -0.494 e. The molecule has 5 nitrogen and oxygen atoms in total. The van der Waals surface area contributed by atoms with E-state index >= 15 is 0 Å². The molecule has 0 spiro atoms. The topological polar surface area (TPSA) is 70.4 Å². The van der Waals surface area contributed by atoms with Crippen molar-refractivity contribution in [1.82, 2.24) is 9.55 Å². The lowest BCUT2D eigenvalue weighted by molar-refractivity contribution is 0.413. The monoisotopic (exact) mass is 335 g/mol. The Morgan fingerprint density at radius 3 is 2.95 bits per heavy atom. The van der Waals surface area contributed by atoms with Crippen molar-refractivity contribution >= 4 is 35.7 Å². The zero-order chi connectivity index (χ0) is 16.3. The van der Waals surface area contributed by atoms with Crippen molar-refractivity contribution in [3.8, 4) is 5.88 Å². The van der Waals surface area contributed by atoms with E-state index < -0.39 is 5.56 Å². The maximum absolute atomic E-state index is 12.0. The van der Waals surface area contributed by atoms with Crippen LogP contribution in [0.3, 0.4) is 0 Å². The van der Waals surface area contributed by atoms with E-state index in [1.54, 1.807) is 18.2 Å². The number of aliphatic imine (C=N–C) groups is 1. The summed E-state index contributed by atoms with van der Waals surface area (Å²) in [5, 5.41) is 10.7. The Labute approximate surface area is 137 Å². The minimum absolute atomic E-state index is 0.0230. The van der Waals surface area contributed by atoms with Gasteiger partial charge in [-0.25, -0.2) is 0 Å². The normalized spacial score (nSPS) is 11.0. The number of hydrogen-bond acceptors (Lipinski definition) is 4. The van der Waals surface area contributed by atoms with Gasteiger partial charge in [-0.15, -0.1) is 6.58 Å². The Morgan fingerprint density at radius 2 is 2.27 bits per heavy atom. The van der Waals surface area contributed by atoms with E-state index in [1.165, 1.54) is 10.8 Å². The molecule has 0 aliphatic heterocycles. The number of H-pyrrole nitrogens is 1. The van der Waals surface area contributed by atoms with Gasteiger partial charge >= 0.3 is 0 Å². The number of nitrogens with zero attached hydrogens (tertiary/aromatic N) is 2. The fourth-order valence-electron chi connectivity index (χ4n) is 1.85. The van der Waals surface area contributed by atoms with Crippen LogP contribution in [0.4, 0.5) is 5.69 Å². The number of allylic oxidation sites excluding steroid dienone is 1. The van der Waals surface area contributed by atoms with E-state index in [-0.39, 0.29) is 22.8 Å². The van der Waals surface area contributed by atoms with Gasteiger partial charge in [-0.2, -0.15) is 0 Å². The molecule has 0 aliphatic rings. The molecule has 0 aliphatic carbocycles. The first-order valence-corrected chi connectivity index (χ1v) is 7.20. The summed E-state index contributed by atoms with van der Waals surface area (Å²) in [6.07, 6.45) is 2.86. The second-order valence-corrected chi connectivity index (χ2v) is 5.41. The van der Waals surface area contributed by atoms with Crippen molar-refractivity contribution in [2.45, 2.75) is 13.5 Å². The molecule has 0 bridgehead atoms. The van der Waals surface area contributed by atoms with Gasteiger partial charge in [0.15, 0.2) is 4.77 Å². The highest BCUT2D eigenvalue weighted by molar-refractivity contribution is 7.71. The number of hydrogen-bond donors (Lipinski definition) is 2. The number of aryl methyl sites for hydroxylation is 1. The van der Waals surface area contributed by atoms with Gasteiger partial charge in [0.2, 0.25) is 5.88 Å². The van der Waals surface area contributed by atoms with Crippen LogP contribution in [0.15, 0.2) is 40.6 Å². The van der Waals surface area contributed by atoms with Crippen molar-refractivity contribution in [3.05, 3.63) is 62.1 Å². The van der Waals surface area contributed by atoms with E-state index in [0.717, 1.165) is 5.56 Å². The predicted molar refractivity (Wildman–Crippen MR) is 91.2 cm³/mol. The van der Waals surface area contributed by atoms with Gasteiger partial charge in [0.05, 0.1) is 5.69 Å². The summed E-state index contributed by atoms with van der Waals surface area (Å²) < 4.78 is 1.48. The van der Waals surface area contributed by atoms with Crippen molar-refractivity contribution in [3.63, 3.8) is 0 Å². The zero-order valence-electron chi connectivity index (χ0n) is 11.8. The molecule has 22 heavy (non-hydrogen) atoms. The Bertz CT molecular complexity index is 868. The molecule has 0 atom stereocenters. The predicted octanol–water partition coefficient (Wildman–Crippen LogP) is 3.51. The first-order valence-electron chi connectivity index (χ1n) is 6.41. The molecule has 0 amide bonds. The first-order chi connectivity index (χ1) is 10.4. The number of aromatic hydroxyl groups is 1. The van der Waals surface area contributed by atoms with Gasteiger partial charge in [-0.3, -0.25) is 19.3 Å². The molecule has 2 N–H and O–H groups in total. The molecular weight excluding hydrogens is 322 g/mol. The smallest absolute Gasteiger partial charge is 0.264 e. The number of aromatic amines is 1. The lowest BCUT2D eigenvalue weighted by Crippen LogP contribution is -2.18. The van der Waals surface area contributed by atoms with Crippen LogP contribution in [0, 0.1) is 11.7 Å². The Morgan fingerprint density at radius 1 is 1.55 bits per heavy atom. The maximum atomic E-state index is 12.0. The molecule has 1 aromatic carbocycles. The third-order valence-electron chi connectivity index (χ3n) is 3.02. The van der Waals surface area contributed by atoms with E-state index in [9.17, 15) is 9.90 Å². The van der Waals surface area contributed by atoms with Gasteiger partial charge in [0, 0.05) is 17.8 Å².